The number of carbonyl (C=O) groups is 1. The number of rotatable bonds is 7. The van der Waals surface area contributed by atoms with Crippen molar-refractivity contribution in [3.8, 4) is 0 Å². The molecule has 0 atom stereocenters. The van der Waals surface area contributed by atoms with Crippen LogP contribution in [0.4, 0.5) is 11.4 Å². The normalized spacial score (nSPS) is 10.8. The van der Waals surface area contributed by atoms with Crippen molar-refractivity contribution in [2.24, 2.45) is 5.16 Å². The second-order valence-corrected chi connectivity index (χ2v) is 6.73. The molecule has 0 radical (unpaired) electrons. The Balaban J connectivity index is 1.48. The largest absolute Gasteiger partial charge is 0.397 e. The highest BCUT2D eigenvalue weighted by atomic mass is 32.1. The van der Waals surface area contributed by atoms with E-state index in [1.807, 2.05) is 48.5 Å². The number of amides is 1. The van der Waals surface area contributed by atoms with Gasteiger partial charge < -0.3 is 15.9 Å². The molecule has 0 aliphatic carbocycles. The molecular formula is C20H19N3O2S. The average molecular weight is 365 g/mol. The van der Waals surface area contributed by atoms with Crippen LogP contribution < -0.4 is 11.1 Å². The van der Waals surface area contributed by atoms with Gasteiger partial charge in [0, 0.05) is 17.5 Å². The summed E-state index contributed by atoms with van der Waals surface area (Å²) in [6.45, 7) is 0.330. The molecule has 2 aromatic carbocycles. The molecule has 0 aliphatic rings. The highest BCUT2D eigenvalue weighted by Crippen LogP contribution is 2.21. The molecule has 3 aromatic rings. The van der Waals surface area contributed by atoms with Crippen LogP contribution in [0.1, 0.15) is 20.1 Å². The van der Waals surface area contributed by atoms with E-state index in [4.69, 9.17) is 10.6 Å². The van der Waals surface area contributed by atoms with Gasteiger partial charge in [0.1, 0.15) is 0 Å². The molecule has 132 valence electrons. The average Bonchev–Trinajstić information content (AvgIpc) is 3.13. The summed E-state index contributed by atoms with van der Waals surface area (Å²) in [6.07, 6.45) is 2.45. The maximum atomic E-state index is 12.3. The van der Waals surface area contributed by atoms with Gasteiger partial charge in [-0.1, -0.05) is 47.6 Å². The maximum Gasteiger partial charge on any atom is 0.265 e. The van der Waals surface area contributed by atoms with Crippen LogP contribution in [0.15, 0.2) is 71.9 Å². The quantitative estimate of drug-likeness (QED) is 0.372. The van der Waals surface area contributed by atoms with Gasteiger partial charge in [0.15, 0.2) is 6.61 Å². The third kappa shape index (κ3) is 4.94. The number of nitrogen functional groups attached to an aromatic ring is 1. The molecule has 26 heavy (non-hydrogen) atoms. The molecule has 3 rings (SSSR count). The monoisotopic (exact) mass is 365 g/mol. The van der Waals surface area contributed by atoms with Crippen LogP contribution in [0, 0.1) is 0 Å². The lowest BCUT2D eigenvalue weighted by Crippen LogP contribution is -2.11. The Labute approximate surface area is 156 Å². The fourth-order valence-electron chi connectivity index (χ4n) is 2.28. The molecule has 0 spiro atoms. The molecule has 3 N–H and O–H groups in total. The Morgan fingerprint density at radius 1 is 1.08 bits per heavy atom. The van der Waals surface area contributed by atoms with Crippen molar-refractivity contribution in [3.63, 3.8) is 0 Å². The first kappa shape index (κ1) is 17.7. The summed E-state index contributed by atoms with van der Waals surface area (Å²) in [6, 6.07) is 20.8. The molecule has 1 heterocycles. The van der Waals surface area contributed by atoms with E-state index < -0.39 is 0 Å². The van der Waals surface area contributed by atoms with Gasteiger partial charge in [0.05, 0.1) is 16.3 Å². The van der Waals surface area contributed by atoms with Crippen molar-refractivity contribution in [1.82, 2.24) is 0 Å². The summed E-state index contributed by atoms with van der Waals surface area (Å²) in [7, 11) is 0. The molecule has 1 amide bonds. The first-order valence-corrected chi connectivity index (χ1v) is 8.96. The summed E-state index contributed by atoms with van der Waals surface area (Å²) >= 11 is 1.37. The summed E-state index contributed by atoms with van der Waals surface area (Å²) in [4.78, 5) is 19.1. The first-order chi connectivity index (χ1) is 12.7. The van der Waals surface area contributed by atoms with E-state index in [2.05, 4.69) is 10.5 Å². The van der Waals surface area contributed by atoms with Crippen molar-refractivity contribution < 1.29 is 9.63 Å². The minimum absolute atomic E-state index is 0.188. The number of nitrogens with two attached hydrogens (primary N) is 1. The van der Waals surface area contributed by atoms with Gasteiger partial charge in [-0.15, -0.1) is 11.3 Å². The number of para-hydroxylation sites is 2. The molecule has 0 saturated heterocycles. The lowest BCUT2D eigenvalue weighted by molar-refractivity contribution is 0.103. The number of hydrogen-bond acceptors (Lipinski definition) is 5. The van der Waals surface area contributed by atoms with Crippen LogP contribution in [0.2, 0.25) is 0 Å². The number of thiophene rings is 1. The minimum Gasteiger partial charge on any atom is -0.397 e. The molecule has 0 saturated carbocycles. The molecule has 0 bridgehead atoms. The predicted molar refractivity (Wildman–Crippen MR) is 107 cm³/mol. The van der Waals surface area contributed by atoms with Crippen molar-refractivity contribution in [2.45, 2.75) is 13.0 Å². The zero-order valence-electron chi connectivity index (χ0n) is 14.1. The Morgan fingerprint density at radius 2 is 1.85 bits per heavy atom. The second-order valence-electron chi connectivity index (χ2n) is 5.56. The fourth-order valence-corrected chi connectivity index (χ4v) is 3.09. The number of nitrogens with one attached hydrogen (secondary N) is 1. The summed E-state index contributed by atoms with van der Waals surface area (Å²) in [5, 5.41) is 6.77. The molecule has 5 nitrogen and oxygen atoms in total. The SMILES string of the molecule is Nc1ccccc1NC(=O)c1ccc(CO/N=C/Cc2ccccc2)s1. The molecule has 0 unspecified atom stereocenters. The van der Waals surface area contributed by atoms with Crippen molar-refractivity contribution in [1.29, 1.82) is 0 Å². The number of anilines is 2. The Bertz CT molecular complexity index is 891. The lowest BCUT2D eigenvalue weighted by Gasteiger charge is -2.06. The molecular weight excluding hydrogens is 346 g/mol. The van der Waals surface area contributed by atoms with Gasteiger partial charge in [-0.25, -0.2) is 0 Å². The maximum absolute atomic E-state index is 12.3. The standard InChI is InChI=1S/C20H19N3O2S/c21-17-8-4-5-9-18(17)23-20(24)19-11-10-16(26-19)14-25-22-13-12-15-6-2-1-3-7-15/h1-11,13H,12,14,21H2,(H,23,24)/b22-13+. The van der Waals surface area contributed by atoms with Crippen LogP contribution in [-0.2, 0) is 17.9 Å². The minimum atomic E-state index is -0.188. The van der Waals surface area contributed by atoms with Gasteiger partial charge in [-0.05, 0) is 29.8 Å². The van der Waals surface area contributed by atoms with Crippen LogP contribution in [0.5, 0.6) is 0 Å². The third-order valence-electron chi connectivity index (χ3n) is 3.62. The van der Waals surface area contributed by atoms with Gasteiger partial charge in [-0.3, -0.25) is 4.79 Å². The molecule has 6 heteroatoms. The van der Waals surface area contributed by atoms with E-state index in [0.717, 1.165) is 11.3 Å². The third-order valence-corrected chi connectivity index (χ3v) is 4.68. The Kier molecular flexibility index (Phi) is 6.01. The molecule has 1 aromatic heterocycles. The van der Waals surface area contributed by atoms with Gasteiger partial charge in [-0.2, -0.15) is 0 Å². The van der Waals surface area contributed by atoms with Gasteiger partial charge in [0.25, 0.3) is 5.91 Å². The van der Waals surface area contributed by atoms with E-state index in [1.165, 1.54) is 16.9 Å². The predicted octanol–water partition coefficient (Wildman–Crippen LogP) is 4.33. The molecule has 0 aliphatic heterocycles. The van der Waals surface area contributed by atoms with Gasteiger partial charge >= 0.3 is 0 Å². The number of nitrogens with zero attached hydrogens (tertiary/aromatic N) is 1. The number of hydrogen-bond donors (Lipinski definition) is 2. The number of benzene rings is 2. The van der Waals surface area contributed by atoms with E-state index in [9.17, 15) is 4.79 Å². The van der Waals surface area contributed by atoms with Crippen LogP contribution in [0.25, 0.3) is 0 Å². The van der Waals surface area contributed by atoms with E-state index >= 15 is 0 Å². The summed E-state index contributed by atoms with van der Waals surface area (Å²) < 4.78 is 0. The van der Waals surface area contributed by atoms with E-state index in [0.29, 0.717) is 22.9 Å². The highest BCUT2D eigenvalue weighted by Gasteiger charge is 2.11. The number of oxime groups is 1. The first-order valence-electron chi connectivity index (χ1n) is 8.14. The fraction of sp³-hybridized carbons (Fsp3) is 0.100. The Morgan fingerprint density at radius 3 is 2.65 bits per heavy atom. The van der Waals surface area contributed by atoms with Crippen molar-refractivity contribution in [2.75, 3.05) is 11.1 Å². The Hall–Kier alpha value is -3.12. The zero-order valence-corrected chi connectivity index (χ0v) is 14.9. The smallest absolute Gasteiger partial charge is 0.265 e. The van der Waals surface area contributed by atoms with Crippen LogP contribution in [0.3, 0.4) is 0 Å². The lowest BCUT2D eigenvalue weighted by atomic mass is 10.2. The molecule has 0 fully saturated rings. The van der Waals surface area contributed by atoms with Crippen molar-refractivity contribution >= 4 is 34.8 Å². The van der Waals surface area contributed by atoms with Crippen molar-refractivity contribution in [3.05, 3.63) is 82.0 Å². The summed E-state index contributed by atoms with van der Waals surface area (Å²) in [5.74, 6) is -0.188. The highest BCUT2D eigenvalue weighted by molar-refractivity contribution is 7.14. The van der Waals surface area contributed by atoms with Crippen LogP contribution >= 0.6 is 11.3 Å². The van der Waals surface area contributed by atoms with E-state index in [1.54, 1.807) is 24.4 Å². The van der Waals surface area contributed by atoms with Gasteiger partial charge in [0.2, 0.25) is 0 Å². The zero-order chi connectivity index (χ0) is 18.2. The summed E-state index contributed by atoms with van der Waals surface area (Å²) in [5.41, 5.74) is 8.16. The number of carbonyl (C=O) groups excluding carboxylic acids is 1. The van der Waals surface area contributed by atoms with Crippen LogP contribution in [-0.4, -0.2) is 12.1 Å². The topological polar surface area (TPSA) is 76.7 Å². The second kappa shape index (κ2) is 8.82. The van der Waals surface area contributed by atoms with E-state index in [-0.39, 0.29) is 5.91 Å².